The highest BCUT2D eigenvalue weighted by molar-refractivity contribution is 5.82. The Morgan fingerprint density at radius 2 is 2.22 bits per heavy atom. The van der Waals surface area contributed by atoms with Gasteiger partial charge in [-0.05, 0) is 26.0 Å². The number of fused-ring (bicyclic) bond motifs is 1. The monoisotopic (exact) mass is 244 g/mol. The molecule has 0 aliphatic carbocycles. The van der Waals surface area contributed by atoms with Crippen LogP contribution >= 0.6 is 0 Å². The Morgan fingerprint density at radius 3 is 2.94 bits per heavy atom. The second kappa shape index (κ2) is 5.85. The molecule has 2 aromatic rings. The quantitative estimate of drug-likeness (QED) is 0.607. The van der Waals surface area contributed by atoms with Crippen molar-refractivity contribution in [3.05, 3.63) is 48.2 Å². The van der Waals surface area contributed by atoms with Crippen molar-refractivity contribution in [3.63, 3.8) is 0 Å². The smallest absolute Gasteiger partial charge is 0.134 e. The first-order valence-electron chi connectivity index (χ1n) is 6.30. The fourth-order valence-corrected chi connectivity index (χ4v) is 2.28. The van der Waals surface area contributed by atoms with Crippen LogP contribution in [0.5, 0.6) is 0 Å². The molecule has 96 valence electrons. The van der Waals surface area contributed by atoms with Gasteiger partial charge in [0.05, 0.1) is 0 Å². The first-order chi connectivity index (χ1) is 8.77. The number of benzene rings is 1. The van der Waals surface area contributed by atoms with Gasteiger partial charge >= 0.3 is 0 Å². The standard InChI is InChI=1S/C15H20N2O/c1-3-4-9-17-13(10-16)15-11(2)18-14-8-6-5-7-12(14)15/h3,5-8,13,17H,1,4,9-10,16H2,2H3. The van der Waals surface area contributed by atoms with Gasteiger partial charge in [0, 0.05) is 23.5 Å². The minimum atomic E-state index is 0.133. The third kappa shape index (κ3) is 2.47. The number of rotatable bonds is 6. The average Bonchev–Trinajstić information content (AvgIpc) is 2.71. The minimum absolute atomic E-state index is 0.133. The molecule has 1 aromatic heterocycles. The van der Waals surface area contributed by atoms with Crippen LogP contribution in [0.2, 0.25) is 0 Å². The first kappa shape index (κ1) is 12.9. The lowest BCUT2D eigenvalue weighted by molar-refractivity contribution is 0.519. The van der Waals surface area contributed by atoms with Crippen LogP contribution in [0.3, 0.4) is 0 Å². The Kier molecular flexibility index (Phi) is 4.18. The molecule has 0 saturated heterocycles. The molecule has 0 aliphatic heterocycles. The third-order valence-electron chi connectivity index (χ3n) is 3.14. The summed E-state index contributed by atoms with van der Waals surface area (Å²) in [5.74, 6) is 0.942. The molecule has 3 nitrogen and oxygen atoms in total. The summed E-state index contributed by atoms with van der Waals surface area (Å²) in [6, 6.07) is 8.21. The average molecular weight is 244 g/mol. The predicted molar refractivity (Wildman–Crippen MR) is 75.6 cm³/mol. The van der Waals surface area contributed by atoms with Crippen LogP contribution < -0.4 is 11.1 Å². The van der Waals surface area contributed by atoms with E-state index in [9.17, 15) is 0 Å². The molecule has 0 bridgehead atoms. The fourth-order valence-electron chi connectivity index (χ4n) is 2.28. The van der Waals surface area contributed by atoms with E-state index in [-0.39, 0.29) is 6.04 Å². The SMILES string of the molecule is C=CCCNC(CN)c1c(C)oc2ccccc12. The molecule has 1 heterocycles. The number of para-hydroxylation sites is 1. The highest BCUT2D eigenvalue weighted by atomic mass is 16.3. The molecule has 0 saturated carbocycles. The van der Waals surface area contributed by atoms with Crippen LogP contribution in [0.25, 0.3) is 11.0 Å². The third-order valence-corrected chi connectivity index (χ3v) is 3.14. The van der Waals surface area contributed by atoms with Gasteiger partial charge in [-0.1, -0.05) is 24.3 Å². The Bertz CT molecular complexity index is 530. The zero-order valence-corrected chi connectivity index (χ0v) is 10.8. The number of nitrogens with one attached hydrogen (secondary N) is 1. The van der Waals surface area contributed by atoms with Gasteiger partial charge in [0.25, 0.3) is 0 Å². The minimum Gasteiger partial charge on any atom is -0.461 e. The second-order valence-electron chi connectivity index (χ2n) is 4.39. The van der Waals surface area contributed by atoms with Crippen LogP contribution in [0, 0.1) is 6.92 Å². The van der Waals surface area contributed by atoms with E-state index < -0.39 is 0 Å². The molecule has 2 rings (SSSR count). The zero-order valence-electron chi connectivity index (χ0n) is 10.8. The second-order valence-corrected chi connectivity index (χ2v) is 4.39. The Labute approximate surface area is 108 Å². The maximum atomic E-state index is 5.88. The van der Waals surface area contributed by atoms with E-state index in [0.717, 1.165) is 29.7 Å². The number of nitrogens with two attached hydrogens (primary N) is 1. The predicted octanol–water partition coefficient (Wildman–Crippen LogP) is 2.91. The van der Waals surface area contributed by atoms with Crippen molar-refractivity contribution in [3.8, 4) is 0 Å². The molecule has 18 heavy (non-hydrogen) atoms. The number of hydrogen-bond acceptors (Lipinski definition) is 3. The summed E-state index contributed by atoms with van der Waals surface area (Å²) in [6.45, 7) is 7.15. The van der Waals surface area contributed by atoms with E-state index in [1.807, 2.05) is 31.2 Å². The highest BCUT2D eigenvalue weighted by Crippen LogP contribution is 2.29. The summed E-state index contributed by atoms with van der Waals surface area (Å²) in [4.78, 5) is 0. The lowest BCUT2D eigenvalue weighted by Crippen LogP contribution is -2.29. The van der Waals surface area contributed by atoms with Crippen LogP contribution in [0.15, 0.2) is 41.3 Å². The Balaban J connectivity index is 2.32. The van der Waals surface area contributed by atoms with Crippen molar-refractivity contribution in [2.75, 3.05) is 13.1 Å². The summed E-state index contributed by atoms with van der Waals surface area (Å²) >= 11 is 0. The zero-order chi connectivity index (χ0) is 13.0. The summed E-state index contributed by atoms with van der Waals surface area (Å²) in [5.41, 5.74) is 7.98. The molecule has 1 unspecified atom stereocenters. The van der Waals surface area contributed by atoms with Gasteiger partial charge in [0.2, 0.25) is 0 Å². The van der Waals surface area contributed by atoms with Crippen LogP contribution in [-0.2, 0) is 0 Å². The Hall–Kier alpha value is -1.58. The van der Waals surface area contributed by atoms with Gasteiger partial charge in [-0.15, -0.1) is 6.58 Å². The number of furan rings is 1. The number of hydrogen-bond donors (Lipinski definition) is 2. The van der Waals surface area contributed by atoms with Crippen molar-refractivity contribution in [1.29, 1.82) is 0 Å². The van der Waals surface area contributed by atoms with Crippen LogP contribution in [-0.4, -0.2) is 13.1 Å². The molecule has 0 radical (unpaired) electrons. The van der Waals surface area contributed by atoms with Crippen LogP contribution in [0.4, 0.5) is 0 Å². The normalized spacial score (nSPS) is 12.8. The summed E-state index contributed by atoms with van der Waals surface area (Å²) < 4.78 is 5.77. The summed E-state index contributed by atoms with van der Waals surface area (Å²) in [6.07, 6.45) is 2.84. The molecular formula is C15H20N2O. The van der Waals surface area contributed by atoms with Gasteiger partial charge < -0.3 is 15.5 Å². The molecule has 0 aliphatic rings. The van der Waals surface area contributed by atoms with E-state index in [1.165, 1.54) is 5.56 Å². The van der Waals surface area contributed by atoms with Gasteiger partial charge in [0.1, 0.15) is 11.3 Å². The van der Waals surface area contributed by atoms with E-state index in [4.69, 9.17) is 10.2 Å². The Morgan fingerprint density at radius 1 is 1.44 bits per heavy atom. The molecule has 0 spiro atoms. The topological polar surface area (TPSA) is 51.2 Å². The van der Waals surface area contributed by atoms with Crippen molar-refractivity contribution in [2.24, 2.45) is 5.73 Å². The van der Waals surface area contributed by atoms with Crippen molar-refractivity contribution < 1.29 is 4.42 Å². The molecule has 1 atom stereocenters. The molecule has 3 heteroatoms. The van der Waals surface area contributed by atoms with Gasteiger partial charge in [0.15, 0.2) is 0 Å². The van der Waals surface area contributed by atoms with Crippen molar-refractivity contribution >= 4 is 11.0 Å². The van der Waals surface area contributed by atoms with Gasteiger partial charge in [-0.2, -0.15) is 0 Å². The van der Waals surface area contributed by atoms with E-state index >= 15 is 0 Å². The molecule has 0 amide bonds. The largest absolute Gasteiger partial charge is 0.461 e. The lowest BCUT2D eigenvalue weighted by atomic mass is 10.0. The van der Waals surface area contributed by atoms with E-state index in [0.29, 0.717) is 6.54 Å². The lowest BCUT2D eigenvalue weighted by Gasteiger charge is -2.16. The highest BCUT2D eigenvalue weighted by Gasteiger charge is 2.18. The first-order valence-corrected chi connectivity index (χ1v) is 6.30. The fraction of sp³-hybridized carbons (Fsp3) is 0.333. The molecular weight excluding hydrogens is 224 g/mol. The van der Waals surface area contributed by atoms with Crippen molar-refractivity contribution in [1.82, 2.24) is 5.32 Å². The van der Waals surface area contributed by atoms with E-state index in [1.54, 1.807) is 0 Å². The van der Waals surface area contributed by atoms with E-state index in [2.05, 4.69) is 18.0 Å². The van der Waals surface area contributed by atoms with Crippen LogP contribution in [0.1, 0.15) is 23.8 Å². The number of aryl methyl sites for hydroxylation is 1. The van der Waals surface area contributed by atoms with Gasteiger partial charge in [-0.25, -0.2) is 0 Å². The molecule has 0 fully saturated rings. The maximum absolute atomic E-state index is 5.88. The van der Waals surface area contributed by atoms with Gasteiger partial charge in [-0.3, -0.25) is 0 Å². The molecule has 1 aromatic carbocycles. The summed E-state index contributed by atoms with van der Waals surface area (Å²) in [7, 11) is 0. The maximum Gasteiger partial charge on any atom is 0.134 e. The molecule has 3 N–H and O–H groups in total. The van der Waals surface area contributed by atoms with Crippen molar-refractivity contribution in [2.45, 2.75) is 19.4 Å². The summed E-state index contributed by atoms with van der Waals surface area (Å²) in [5, 5.41) is 4.60.